The smallest absolute Gasteiger partial charge is 0.261 e. The molecule has 3 aromatic rings. The number of nitrogens with one attached hydrogen (secondary N) is 1. The summed E-state index contributed by atoms with van der Waals surface area (Å²) in [6.45, 7) is 5.86. The third-order valence-electron chi connectivity index (χ3n) is 5.20. The summed E-state index contributed by atoms with van der Waals surface area (Å²) in [5.41, 5.74) is 3.61. The van der Waals surface area contributed by atoms with Crippen molar-refractivity contribution in [2.45, 2.75) is 6.92 Å². The minimum Gasteiger partial charge on any atom is -0.369 e. The number of benzene rings is 2. The van der Waals surface area contributed by atoms with Gasteiger partial charge in [0.1, 0.15) is 17.0 Å². The van der Waals surface area contributed by atoms with Gasteiger partial charge in [-0.3, -0.25) is 4.79 Å². The average molecular weight is 411 g/mol. The van der Waals surface area contributed by atoms with Crippen LogP contribution < -0.4 is 10.2 Å². The van der Waals surface area contributed by atoms with Crippen molar-refractivity contribution in [3.05, 3.63) is 64.9 Å². The molecule has 2 heterocycles. The molecule has 1 aliphatic heterocycles. The van der Waals surface area contributed by atoms with Crippen LogP contribution in [0.25, 0.3) is 11.3 Å². The molecule has 0 radical (unpaired) electrons. The Hall–Kier alpha value is -2.83. The van der Waals surface area contributed by atoms with E-state index in [1.54, 1.807) is 19.1 Å². The van der Waals surface area contributed by atoms with E-state index in [0.717, 1.165) is 37.4 Å². The lowest BCUT2D eigenvalue weighted by atomic mass is 10.1. The average Bonchev–Trinajstić information content (AvgIpc) is 3.11. The van der Waals surface area contributed by atoms with Crippen molar-refractivity contribution in [3.8, 4) is 11.3 Å². The molecule has 1 saturated heterocycles. The molecule has 0 aliphatic carbocycles. The maximum Gasteiger partial charge on any atom is 0.261 e. The second kappa shape index (κ2) is 8.27. The molecule has 2 aromatic carbocycles. The highest BCUT2D eigenvalue weighted by atomic mass is 35.5. The molecule has 0 atom stereocenters. The lowest BCUT2D eigenvalue weighted by Gasteiger charge is -2.34. The van der Waals surface area contributed by atoms with E-state index in [1.165, 1.54) is 5.69 Å². The quantitative estimate of drug-likeness (QED) is 0.694. The van der Waals surface area contributed by atoms with E-state index >= 15 is 0 Å². The van der Waals surface area contributed by atoms with E-state index in [9.17, 15) is 4.79 Å². The summed E-state index contributed by atoms with van der Waals surface area (Å²) < 4.78 is 5.29. The number of hydrogen-bond donors (Lipinski definition) is 1. The zero-order valence-corrected chi connectivity index (χ0v) is 17.2. The van der Waals surface area contributed by atoms with Crippen LogP contribution in [0.2, 0.25) is 5.02 Å². The van der Waals surface area contributed by atoms with Crippen molar-refractivity contribution in [3.63, 3.8) is 0 Å². The highest BCUT2D eigenvalue weighted by Crippen LogP contribution is 2.27. The van der Waals surface area contributed by atoms with Crippen molar-refractivity contribution in [2.24, 2.45) is 0 Å². The van der Waals surface area contributed by atoms with Gasteiger partial charge in [0, 0.05) is 48.1 Å². The minimum atomic E-state index is -0.249. The summed E-state index contributed by atoms with van der Waals surface area (Å²) in [4.78, 5) is 17.6. The molecule has 6 nitrogen and oxygen atoms in total. The Morgan fingerprint density at radius 3 is 2.34 bits per heavy atom. The maximum absolute atomic E-state index is 12.9. The van der Waals surface area contributed by atoms with Gasteiger partial charge in [0.2, 0.25) is 0 Å². The number of anilines is 2. The summed E-state index contributed by atoms with van der Waals surface area (Å²) in [7, 11) is 2.14. The first-order valence-corrected chi connectivity index (χ1v) is 9.96. The van der Waals surface area contributed by atoms with Gasteiger partial charge in [-0.1, -0.05) is 28.9 Å². The van der Waals surface area contributed by atoms with Crippen molar-refractivity contribution in [2.75, 3.05) is 43.4 Å². The molecule has 29 heavy (non-hydrogen) atoms. The molecule has 7 heteroatoms. The zero-order chi connectivity index (χ0) is 20.4. The maximum atomic E-state index is 12.9. The summed E-state index contributed by atoms with van der Waals surface area (Å²) in [6, 6.07) is 15.1. The molecule has 1 aliphatic rings. The van der Waals surface area contributed by atoms with Gasteiger partial charge in [-0.05, 0) is 50.4 Å². The topological polar surface area (TPSA) is 61.6 Å². The third-order valence-corrected chi connectivity index (χ3v) is 5.45. The van der Waals surface area contributed by atoms with Crippen molar-refractivity contribution >= 4 is 28.9 Å². The van der Waals surface area contributed by atoms with Crippen LogP contribution in [0, 0.1) is 6.92 Å². The molecule has 1 N–H and O–H groups in total. The van der Waals surface area contributed by atoms with Crippen LogP contribution in [0.15, 0.2) is 53.1 Å². The highest BCUT2D eigenvalue weighted by molar-refractivity contribution is 6.30. The summed E-state index contributed by atoms with van der Waals surface area (Å²) in [6.07, 6.45) is 0. The van der Waals surface area contributed by atoms with Crippen molar-refractivity contribution < 1.29 is 9.32 Å². The van der Waals surface area contributed by atoms with Gasteiger partial charge in [0.25, 0.3) is 5.91 Å². The number of carbonyl (C=O) groups excluding carboxylic acids is 1. The molecular weight excluding hydrogens is 388 g/mol. The van der Waals surface area contributed by atoms with Crippen LogP contribution in [0.5, 0.6) is 0 Å². The van der Waals surface area contributed by atoms with E-state index in [2.05, 4.69) is 27.3 Å². The zero-order valence-electron chi connectivity index (χ0n) is 16.5. The predicted octanol–water partition coefficient (Wildman–Crippen LogP) is 4.31. The molecular formula is C22H23ClN4O2. The number of amides is 1. The van der Waals surface area contributed by atoms with Crippen LogP contribution >= 0.6 is 11.6 Å². The molecule has 0 bridgehead atoms. The summed E-state index contributed by atoms with van der Waals surface area (Å²) >= 11 is 5.96. The Labute approximate surface area is 175 Å². The van der Waals surface area contributed by atoms with Crippen LogP contribution in [-0.2, 0) is 0 Å². The minimum absolute atomic E-state index is 0.249. The molecule has 0 saturated carbocycles. The number of piperazine rings is 1. The number of carbonyl (C=O) groups is 1. The Kier molecular flexibility index (Phi) is 5.56. The van der Waals surface area contributed by atoms with Gasteiger partial charge >= 0.3 is 0 Å². The summed E-state index contributed by atoms with van der Waals surface area (Å²) in [5, 5.41) is 7.65. The first-order chi connectivity index (χ1) is 14.0. The van der Waals surface area contributed by atoms with Gasteiger partial charge in [-0.25, -0.2) is 0 Å². The number of likely N-dealkylation sites (N-methyl/N-ethyl adjacent to an activating group) is 1. The highest BCUT2D eigenvalue weighted by Gasteiger charge is 2.22. The van der Waals surface area contributed by atoms with E-state index in [4.69, 9.17) is 16.1 Å². The third kappa shape index (κ3) is 4.28. The normalized spacial score (nSPS) is 14.8. The SMILES string of the molecule is Cc1onc(-c2ccc(Cl)cc2)c1C(=O)Nc1ccc(N2CCN(C)CC2)cc1. The molecule has 1 aromatic heterocycles. The van der Waals surface area contributed by atoms with Crippen molar-refractivity contribution in [1.29, 1.82) is 0 Å². The van der Waals surface area contributed by atoms with Crippen molar-refractivity contribution in [1.82, 2.24) is 10.1 Å². The summed E-state index contributed by atoms with van der Waals surface area (Å²) in [5.74, 6) is 0.225. The number of halogens is 1. The number of hydrogen-bond acceptors (Lipinski definition) is 5. The van der Waals surface area contributed by atoms with Gasteiger partial charge in [-0.15, -0.1) is 0 Å². The van der Waals surface area contributed by atoms with Gasteiger partial charge in [-0.2, -0.15) is 0 Å². The monoisotopic (exact) mass is 410 g/mol. The molecule has 0 unspecified atom stereocenters. The molecule has 4 rings (SSSR count). The Balaban J connectivity index is 1.50. The molecule has 1 amide bonds. The first kappa shape index (κ1) is 19.5. The van der Waals surface area contributed by atoms with E-state index in [0.29, 0.717) is 22.0 Å². The lowest BCUT2D eigenvalue weighted by molar-refractivity contribution is 0.102. The molecule has 1 fully saturated rings. The van der Waals surface area contributed by atoms with Gasteiger partial charge in [0.15, 0.2) is 0 Å². The Morgan fingerprint density at radius 1 is 1.03 bits per heavy atom. The predicted molar refractivity (Wildman–Crippen MR) is 116 cm³/mol. The molecule has 0 spiro atoms. The van der Waals surface area contributed by atoms with Crippen LogP contribution in [0.4, 0.5) is 11.4 Å². The van der Waals surface area contributed by atoms with Crippen LogP contribution in [0.1, 0.15) is 16.1 Å². The van der Waals surface area contributed by atoms with Gasteiger partial charge in [0.05, 0.1) is 0 Å². The second-order valence-electron chi connectivity index (χ2n) is 7.26. The number of rotatable bonds is 4. The lowest BCUT2D eigenvalue weighted by Crippen LogP contribution is -2.44. The van der Waals surface area contributed by atoms with Crippen LogP contribution in [-0.4, -0.2) is 49.2 Å². The fourth-order valence-corrected chi connectivity index (χ4v) is 3.58. The fourth-order valence-electron chi connectivity index (χ4n) is 3.46. The first-order valence-electron chi connectivity index (χ1n) is 9.58. The van der Waals surface area contributed by atoms with Crippen LogP contribution in [0.3, 0.4) is 0 Å². The second-order valence-corrected chi connectivity index (χ2v) is 7.70. The number of aryl methyl sites for hydroxylation is 1. The van der Waals surface area contributed by atoms with E-state index < -0.39 is 0 Å². The van der Waals surface area contributed by atoms with Gasteiger partial charge < -0.3 is 19.6 Å². The largest absolute Gasteiger partial charge is 0.369 e. The van der Waals surface area contributed by atoms with E-state index in [-0.39, 0.29) is 5.91 Å². The fraction of sp³-hybridized carbons (Fsp3) is 0.273. The number of aromatic nitrogens is 1. The standard InChI is InChI=1S/C22H23ClN4O2/c1-15-20(21(25-29-15)16-3-5-17(23)6-4-16)22(28)24-18-7-9-19(10-8-18)27-13-11-26(2)12-14-27/h3-10H,11-14H2,1-2H3,(H,24,28). The molecule has 150 valence electrons. The van der Waals surface area contributed by atoms with E-state index in [1.807, 2.05) is 36.4 Å². The Morgan fingerprint density at radius 2 is 1.69 bits per heavy atom. The Bertz CT molecular complexity index is 991. The number of nitrogens with zero attached hydrogens (tertiary/aromatic N) is 3.